The third-order valence-electron chi connectivity index (χ3n) is 4.07. The van der Waals surface area contributed by atoms with Gasteiger partial charge in [-0.3, -0.25) is 0 Å². The van der Waals surface area contributed by atoms with Crippen molar-refractivity contribution in [1.82, 2.24) is 4.72 Å². The predicted octanol–water partition coefficient (Wildman–Crippen LogP) is 1.89. The van der Waals surface area contributed by atoms with Gasteiger partial charge in [-0.1, -0.05) is 33.1 Å². The molecule has 108 valence electrons. The number of rotatable bonds is 6. The first-order valence-corrected chi connectivity index (χ1v) is 8.58. The molecule has 4 nitrogen and oxygen atoms in total. The van der Waals surface area contributed by atoms with Gasteiger partial charge in [0.15, 0.2) is 0 Å². The Morgan fingerprint density at radius 1 is 1.28 bits per heavy atom. The minimum Gasteiger partial charge on any atom is -0.389 e. The highest BCUT2D eigenvalue weighted by Crippen LogP contribution is 2.24. The van der Waals surface area contributed by atoms with Crippen LogP contribution in [-0.2, 0) is 10.0 Å². The van der Waals surface area contributed by atoms with E-state index in [4.69, 9.17) is 0 Å². The predicted molar refractivity (Wildman–Crippen MR) is 73.8 cm³/mol. The van der Waals surface area contributed by atoms with Gasteiger partial charge in [0.05, 0.1) is 11.4 Å². The van der Waals surface area contributed by atoms with E-state index in [9.17, 15) is 13.5 Å². The van der Waals surface area contributed by atoms with E-state index in [0.717, 1.165) is 25.7 Å². The number of hydrogen-bond donors (Lipinski definition) is 2. The van der Waals surface area contributed by atoms with Crippen LogP contribution in [0.4, 0.5) is 0 Å². The molecule has 0 aromatic rings. The molecule has 0 bridgehead atoms. The number of aliphatic hydroxyl groups is 1. The Kier molecular flexibility index (Phi) is 5.62. The maximum atomic E-state index is 11.9. The van der Waals surface area contributed by atoms with Gasteiger partial charge in [0.1, 0.15) is 0 Å². The quantitative estimate of drug-likeness (QED) is 0.779. The summed E-state index contributed by atoms with van der Waals surface area (Å²) in [5.74, 6) is 0.524. The second-order valence-corrected chi connectivity index (χ2v) is 7.97. The Labute approximate surface area is 111 Å². The summed E-state index contributed by atoms with van der Waals surface area (Å²) in [6.45, 7) is 5.53. The van der Waals surface area contributed by atoms with Crippen molar-refractivity contribution >= 4 is 10.0 Å². The van der Waals surface area contributed by atoms with Crippen molar-refractivity contribution in [2.75, 3.05) is 12.3 Å². The number of nitrogens with one attached hydrogen (secondary N) is 1. The van der Waals surface area contributed by atoms with Crippen molar-refractivity contribution in [2.24, 2.45) is 11.8 Å². The molecule has 1 saturated carbocycles. The van der Waals surface area contributed by atoms with Crippen LogP contribution in [0.5, 0.6) is 0 Å². The first kappa shape index (κ1) is 15.9. The minimum absolute atomic E-state index is 0.0230. The van der Waals surface area contributed by atoms with E-state index in [1.165, 1.54) is 6.42 Å². The van der Waals surface area contributed by atoms with Crippen molar-refractivity contribution in [3.63, 3.8) is 0 Å². The third kappa shape index (κ3) is 5.24. The van der Waals surface area contributed by atoms with Crippen molar-refractivity contribution in [2.45, 2.75) is 58.5 Å². The molecule has 0 amide bonds. The van der Waals surface area contributed by atoms with E-state index in [0.29, 0.717) is 5.92 Å². The van der Waals surface area contributed by atoms with Gasteiger partial charge in [0, 0.05) is 6.54 Å². The highest BCUT2D eigenvalue weighted by molar-refractivity contribution is 7.89. The number of sulfonamides is 1. The summed E-state index contributed by atoms with van der Waals surface area (Å²) >= 11 is 0. The van der Waals surface area contributed by atoms with Gasteiger partial charge in [0.2, 0.25) is 10.0 Å². The van der Waals surface area contributed by atoms with E-state index < -0.39 is 15.6 Å². The van der Waals surface area contributed by atoms with Crippen molar-refractivity contribution in [3.05, 3.63) is 0 Å². The van der Waals surface area contributed by atoms with E-state index in [1.807, 2.05) is 13.8 Å². The first-order valence-electron chi connectivity index (χ1n) is 6.92. The summed E-state index contributed by atoms with van der Waals surface area (Å²) in [5.41, 5.74) is -0.986. The molecule has 0 aromatic heterocycles. The summed E-state index contributed by atoms with van der Waals surface area (Å²) in [5, 5.41) is 10.0. The van der Waals surface area contributed by atoms with E-state index >= 15 is 0 Å². The summed E-state index contributed by atoms with van der Waals surface area (Å²) in [4.78, 5) is 0. The van der Waals surface area contributed by atoms with Crippen LogP contribution in [-0.4, -0.2) is 31.4 Å². The monoisotopic (exact) mass is 277 g/mol. The van der Waals surface area contributed by atoms with Gasteiger partial charge in [-0.25, -0.2) is 13.1 Å². The van der Waals surface area contributed by atoms with Gasteiger partial charge in [-0.05, 0) is 31.6 Å². The fraction of sp³-hybridized carbons (Fsp3) is 1.00. The summed E-state index contributed by atoms with van der Waals surface area (Å²) < 4.78 is 26.4. The van der Waals surface area contributed by atoms with Crippen molar-refractivity contribution < 1.29 is 13.5 Å². The van der Waals surface area contributed by atoms with Crippen LogP contribution < -0.4 is 4.72 Å². The molecule has 0 heterocycles. The molecule has 1 fully saturated rings. The van der Waals surface area contributed by atoms with Crippen LogP contribution in [0, 0.1) is 11.8 Å². The van der Waals surface area contributed by atoms with Gasteiger partial charge >= 0.3 is 0 Å². The third-order valence-corrected chi connectivity index (χ3v) is 5.57. The summed E-state index contributed by atoms with van der Waals surface area (Å²) in [6, 6.07) is 0. The maximum Gasteiger partial charge on any atom is 0.211 e. The van der Waals surface area contributed by atoms with Gasteiger partial charge in [-0.15, -0.1) is 0 Å². The topological polar surface area (TPSA) is 66.4 Å². The standard InChI is InChI=1S/C13H27NO3S/c1-11(2)13(3,15)10-14-18(16,17)9-12-7-5-4-6-8-12/h11-12,14-15H,4-10H2,1-3H3. The highest BCUT2D eigenvalue weighted by atomic mass is 32.2. The normalized spacial score (nSPS) is 22.1. The molecule has 1 unspecified atom stereocenters. The lowest BCUT2D eigenvalue weighted by atomic mass is 9.91. The van der Waals surface area contributed by atoms with E-state index in [2.05, 4.69) is 4.72 Å². The Bertz CT molecular complexity index is 343. The lowest BCUT2D eigenvalue weighted by molar-refractivity contribution is 0.0190. The molecule has 2 N–H and O–H groups in total. The van der Waals surface area contributed by atoms with Gasteiger partial charge in [-0.2, -0.15) is 0 Å². The molecule has 1 atom stereocenters. The maximum absolute atomic E-state index is 11.9. The molecular weight excluding hydrogens is 250 g/mol. The molecule has 5 heteroatoms. The molecule has 0 aliphatic heterocycles. The fourth-order valence-corrected chi connectivity index (χ4v) is 3.77. The SMILES string of the molecule is CC(C)C(C)(O)CNS(=O)(=O)CC1CCCCC1. The number of hydrogen-bond acceptors (Lipinski definition) is 3. The molecule has 0 radical (unpaired) electrons. The van der Waals surface area contributed by atoms with Crippen LogP contribution in [0.25, 0.3) is 0 Å². The Morgan fingerprint density at radius 3 is 2.33 bits per heavy atom. The average Bonchev–Trinajstić information content (AvgIpc) is 2.27. The summed E-state index contributed by atoms with van der Waals surface area (Å²) in [7, 11) is -3.26. The second kappa shape index (κ2) is 6.35. The molecule has 1 rings (SSSR count). The lowest BCUT2D eigenvalue weighted by Gasteiger charge is -2.28. The van der Waals surface area contributed by atoms with Crippen LogP contribution in [0.1, 0.15) is 52.9 Å². The fourth-order valence-electron chi connectivity index (χ4n) is 2.18. The smallest absolute Gasteiger partial charge is 0.211 e. The molecule has 0 saturated heterocycles. The zero-order valence-corrected chi connectivity index (χ0v) is 12.6. The van der Waals surface area contributed by atoms with E-state index in [1.54, 1.807) is 6.92 Å². The Hall–Kier alpha value is -0.130. The van der Waals surface area contributed by atoms with Gasteiger partial charge < -0.3 is 5.11 Å². The van der Waals surface area contributed by atoms with Crippen molar-refractivity contribution in [3.8, 4) is 0 Å². The Morgan fingerprint density at radius 2 is 1.83 bits per heavy atom. The van der Waals surface area contributed by atoms with Crippen LogP contribution in [0.2, 0.25) is 0 Å². The average molecular weight is 277 g/mol. The molecule has 18 heavy (non-hydrogen) atoms. The van der Waals surface area contributed by atoms with E-state index in [-0.39, 0.29) is 18.2 Å². The molecule has 1 aliphatic rings. The largest absolute Gasteiger partial charge is 0.389 e. The molecule has 0 spiro atoms. The zero-order chi connectivity index (χ0) is 13.8. The zero-order valence-electron chi connectivity index (χ0n) is 11.8. The molecule has 0 aromatic carbocycles. The highest BCUT2D eigenvalue weighted by Gasteiger charge is 2.28. The van der Waals surface area contributed by atoms with Gasteiger partial charge in [0.25, 0.3) is 0 Å². The molecule has 1 aliphatic carbocycles. The summed E-state index contributed by atoms with van der Waals surface area (Å²) in [6.07, 6.45) is 5.54. The second-order valence-electron chi connectivity index (χ2n) is 6.12. The first-order chi connectivity index (χ1) is 8.23. The molecular formula is C13H27NO3S. The Balaban J connectivity index is 2.44. The van der Waals surface area contributed by atoms with Crippen LogP contribution in [0.3, 0.4) is 0 Å². The lowest BCUT2D eigenvalue weighted by Crippen LogP contribution is -2.45. The van der Waals surface area contributed by atoms with Crippen molar-refractivity contribution in [1.29, 1.82) is 0 Å². The van der Waals surface area contributed by atoms with Crippen LogP contribution in [0.15, 0.2) is 0 Å². The minimum atomic E-state index is -3.26. The van der Waals surface area contributed by atoms with Crippen LogP contribution >= 0.6 is 0 Å².